The minimum atomic E-state index is -0.583. The van der Waals surface area contributed by atoms with E-state index in [4.69, 9.17) is 0 Å². The second-order valence-corrected chi connectivity index (χ2v) is 10.2. The van der Waals surface area contributed by atoms with Gasteiger partial charge in [-0.05, 0) is 49.8 Å². The molecule has 33 heavy (non-hydrogen) atoms. The molecule has 1 saturated heterocycles. The Morgan fingerprint density at radius 1 is 0.970 bits per heavy atom. The number of rotatable bonds is 7. The van der Waals surface area contributed by atoms with Crippen molar-refractivity contribution in [3.8, 4) is 0 Å². The summed E-state index contributed by atoms with van der Waals surface area (Å²) in [4.78, 5) is 42.0. The summed E-state index contributed by atoms with van der Waals surface area (Å²) < 4.78 is 15.0. The summed E-state index contributed by atoms with van der Waals surface area (Å²) in [5, 5.41) is 2.87. The first-order valence-electron chi connectivity index (χ1n) is 12.5. The van der Waals surface area contributed by atoms with E-state index >= 15 is 0 Å². The summed E-state index contributed by atoms with van der Waals surface area (Å²) in [7, 11) is 0. The van der Waals surface area contributed by atoms with Gasteiger partial charge in [0.1, 0.15) is 5.82 Å². The monoisotopic (exact) mass is 457 g/mol. The molecule has 1 aromatic carbocycles. The van der Waals surface area contributed by atoms with Crippen molar-refractivity contribution in [3.05, 3.63) is 29.6 Å². The largest absolute Gasteiger partial charge is 0.368 e. The van der Waals surface area contributed by atoms with Crippen LogP contribution in [-0.2, 0) is 9.59 Å². The fourth-order valence-corrected chi connectivity index (χ4v) is 5.13. The molecule has 6 nitrogen and oxygen atoms in total. The normalized spacial score (nSPS) is 20.6. The van der Waals surface area contributed by atoms with Crippen LogP contribution in [0.1, 0.15) is 69.2 Å². The summed E-state index contributed by atoms with van der Waals surface area (Å²) in [6.45, 7) is 6.26. The predicted molar refractivity (Wildman–Crippen MR) is 126 cm³/mol. The molecule has 180 valence electrons. The molecule has 1 aliphatic heterocycles. The number of nitrogens with zero attached hydrogens (tertiary/aromatic N) is 2. The minimum Gasteiger partial charge on any atom is -0.368 e. The highest BCUT2D eigenvalue weighted by molar-refractivity contribution is 5.99. The van der Waals surface area contributed by atoms with Crippen molar-refractivity contribution >= 4 is 23.3 Å². The molecule has 1 heterocycles. The van der Waals surface area contributed by atoms with Gasteiger partial charge in [-0.2, -0.15) is 0 Å². The highest BCUT2D eigenvalue weighted by Crippen LogP contribution is 2.32. The zero-order valence-electron chi connectivity index (χ0n) is 19.8. The number of nitrogens with one attached hydrogen (secondary N) is 1. The van der Waals surface area contributed by atoms with Gasteiger partial charge >= 0.3 is 0 Å². The first kappa shape index (κ1) is 23.7. The lowest BCUT2D eigenvalue weighted by atomic mass is 9.80. The number of benzene rings is 1. The smallest absolute Gasteiger partial charge is 0.254 e. The van der Waals surface area contributed by atoms with Crippen LogP contribution in [0.5, 0.6) is 0 Å². The Bertz CT molecular complexity index is 885. The molecule has 2 saturated carbocycles. The molecule has 0 bridgehead atoms. The lowest BCUT2D eigenvalue weighted by Gasteiger charge is -2.36. The molecule has 3 aliphatic rings. The van der Waals surface area contributed by atoms with E-state index in [0.717, 1.165) is 44.9 Å². The van der Waals surface area contributed by atoms with E-state index in [2.05, 4.69) is 10.2 Å². The molecule has 1 aromatic rings. The van der Waals surface area contributed by atoms with Gasteiger partial charge in [-0.1, -0.05) is 33.1 Å². The Morgan fingerprint density at radius 3 is 2.21 bits per heavy atom. The van der Waals surface area contributed by atoms with Gasteiger partial charge < -0.3 is 15.1 Å². The van der Waals surface area contributed by atoms with E-state index in [-0.39, 0.29) is 35.0 Å². The average molecular weight is 458 g/mol. The van der Waals surface area contributed by atoms with Gasteiger partial charge in [0, 0.05) is 43.7 Å². The molecular formula is C26H36FN3O3. The fraction of sp³-hybridized carbons (Fsp3) is 0.654. The predicted octanol–water partition coefficient (Wildman–Crippen LogP) is 3.79. The molecule has 7 heteroatoms. The number of anilines is 1. The summed E-state index contributed by atoms with van der Waals surface area (Å²) in [6, 6.07) is 4.11. The first-order chi connectivity index (χ1) is 15.8. The van der Waals surface area contributed by atoms with E-state index < -0.39 is 17.8 Å². The quantitative estimate of drug-likeness (QED) is 0.676. The van der Waals surface area contributed by atoms with Crippen LogP contribution in [0.15, 0.2) is 18.2 Å². The van der Waals surface area contributed by atoms with E-state index in [1.807, 2.05) is 18.7 Å². The Hall–Kier alpha value is -2.44. The molecule has 4 rings (SSSR count). The van der Waals surface area contributed by atoms with Crippen LogP contribution in [-0.4, -0.2) is 54.7 Å². The molecule has 1 N–H and O–H groups in total. The van der Waals surface area contributed by atoms with E-state index in [0.29, 0.717) is 31.9 Å². The Labute approximate surface area is 195 Å². The van der Waals surface area contributed by atoms with Gasteiger partial charge in [0.25, 0.3) is 5.91 Å². The van der Waals surface area contributed by atoms with Crippen LogP contribution >= 0.6 is 0 Å². The summed E-state index contributed by atoms with van der Waals surface area (Å²) >= 11 is 0. The SMILES string of the molecule is CC(C)C(=O)[C@H](NC(=O)c1ccc(N2CCN(C(=O)C3CC3)CC2)cc1F)C1CCCCC1. The molecule has 2 amide bonds. The van der Waals surface area contributed by atoms with Gasteiger partial charge in [0.05, 0.1) is 11.6 Å². The molecule has 0 aromatic heterocycles. The molecular weight excluding hydrogens is 421 g/mol. The van der Waals surface area contributed by atoms with Crippen LogP contribution in [0.3, 0.4) is 0 Å². The second-order valence-electron chi connectivity index (χ2n) is 10.2. The highest BCUT2D eigenvalue weighted by atomic mass is 19.1. The Balaban J connectivity index is 1.40. The van der Waals surface area contributed by atoms with Crippen molar-refractivity contribution in [3.63, 3.8) is 0 Å². The third-order valence-electron chi connectivity index (χ3n) is 7.36. The number of hydrogen-bond acceptors (Lipinski definition) is 4. The van der Waals surface area contributed by atoms with Crippen molar-refractivity contribution in [2.75, 3.05) is 31.1 Å². The van der Waals surface area contributed by atoms with E-state index in [9.17, 15) is 18.8 Å². The van der Waals surface area contributed by atoms with Gasteiger partial charge in [-0.3, -0.25) is 14.4 Å². The van der Waals surface area contributed by atoms with Crippen molar-refractivity contribution in [2.24, 2.45) is 17.8 Å². The van der Waals surface area contributed by atoms with Crippen LogP contribution in [0.2, 0.25) is 0 Å². The third kappa shape index (κ3) is 5.56. The van der Waals surface area contributed by atoms with Crippen LogP contribution in [0, 0.1) is 23.6 Å². The van der Waals surface area contributed by atoms with Crippen LogP contribution < -0.4 is 10.2 Å². The molecule has 0 unspecified atom stereocenters. The van der Waals surface area contributed by atoms with Crippen LogP contribution in [0.25, 0.3) is 0 Å². The minimum absolute atomic E-state index is 0.0193. The fourth-order valence-electron chi connectivity index (χ4n) is 5.13. The Morgan fingerprint density at radius 2 is 1.64 bits per heavy atom. The highest BCUT2D eigenvalue weighted by Gasteiger charge is 2.35. The molecule has 1 atom stereocenters. The number of piperazine rings is 1. The number of hydrogen-bond donors (Lipinski definition) is 1. The molecule has 2 aliphatic carbocycles. The van der Waals surface area contributed by atoms with E-state index in [1.165, 1.54) is 12.1 Å². The van der Waals surface area contributed by atoms with Crippen LogP contribution in [0.4, 0.5) is 10.1 Å². The topological polar surface area (TPSA) is 69.7 Å². The van der Waals surface area contributed by atoms with Crippen molar-refractivity contribution in [1.29, 1.82) is 0 Å². The van der Waals surface area contributed by atoms with Crippen molar-refractivity contribution in [2.45, 2.75) is 64.8 Å². The number of ketones is 1. The number of Topliss-reactive ketones (excluding diaryl/α,β-unsaturated/α-hetero) is 1. The first-order valence-corrected chi connectivity index (χ1v) is 12.5. The zero-order valence-corrected chi connectivity index (χ0v) is 19.8. The summed E-state index contributed by atoms with van der Waals surface area (Å²) in [5.74, 6) is -0.692. The lowest BCUT2D eigenvalue weighted by Crippen LogP contribution is -2.49. The maximum Gasteiger partial charge on any atom is 0.254 e. The zero-order chi connectivity index (χ0) is 23.5. The molecule has 0 radical (unpaired) electrons. The summed E-state index contributed by atoms with van der Waals surface area (Å²) in [5.41, 5.74) is 0.684. The number of carbonyl (C=O) groups is 3. The van der Waals surface area contributed by atoms with E-state index in [1.54, 1.807) is 6.07 Å². The van der Waals surface area contributed by atoms with Crippen molar-refractivity contribution < 1.29 is 18.8 Å². The maximum absolute atomic E-state index is 15.0. The van der Waals surface area contributed by atoms with Gasteiger partial charge in [-0.25, -0.2) is 4.39 Å². The molecule has 0 spiro atoms. The Kier molecular flexibility index (Phi) is 7.35. The average Bonchev–Trinajstić information content (AvgIpc) is 3.67. The second kappa shape index (κ2) is 10.2. The number of amides is 2. The number of halogens is 1. The maximum atomic E-state index is 15.0. The number of carbonyl (C=O) groups excluding carboxylic acids is 3. The van der Waals surface area contributed by atoms with Gasteiger partial charge in [0.15, 0.2) is 5.78 Å². The summed E-state index contributed by atoms with van der Waals surface area (Å²) in [6.07, 6.45) is 7.11. The third-order valence-corrected chi connectivity index (χ3v) is 7.36. The van der Waals surface area contributed by atoms with Gasteiger partial charge in [-0.15, -0.1) is 0 Å². The lowest BCUT2D eigenvalue weighted by molar-refractivity contribution is -0.132. The van der Waals surface area contributed by atoms with Crippen molar-refractivity contribution in [1.82, 2.24) is 10.2 Å². The molecule has 3 fully saturated rings. The standard InChI is InChI=1S/C26H36FN3O3/c1-17(2)24(31)23(18-6-4-3-5-7-18)28-25(32)21-11-10-20(16-22(21)27)29-12-14-30(15-13-29)26(33)19-8-9-19/h10-11,16-19,23H,3-9,12-15H2,1-2H3,(H,28,32)/t23-/m1/s1. The van der Waals surface area contributed by atoms with Gasteiger partial charge in [0.2, 0.25) is 5.91 Å².